The van der Waals surface area contributed by atoms with Crippen LogP contribution in [0.1, 0.15) is 25.7 Å². The topological polar surface area (TPSA) is 72.4 Å². The van der Waals surface area contributed by atoms with Crippen LogP contribution in [0.25, 0.3) is 0 Å². The van der Waals surface area contributed by atoms with Gasteiger partial charge in [-0.1, -0.05) is 12.8 Å². The number of nitrogens with zero attached hydrogens (tertiary/aromatic N) is 4. The first-order valence-electron chi connectivity index (χ1n) is 7.11. The molecule has 1 saturated heterocycles. The van der Waals surface area contributed by atoms with Crippen molar-refractivity contribution < 1.29 is 9.47 Å². The first-order valence-corrected chi connectivity index (χ1v) is 7.11. The van der Waals surface area contributed by atoms with Crippen LogP contribution in [-0.2, 0) is 4.74 Å². The van der Waals surface area contributed by atoms with Gasteiger partial charge in [-0.25, -0.2) is 0 Å². The summed E-state index contributed by atoms with van der Waals surface area (Å²) in [5, 5.41) is 3.12. The van der Waals surface area contributed by atoms with E-state index in [1.807, 2.05) is 0 Å². The molecule has 20 heavy (non-hydrogen) atoms. The summed E-state index contributed by atoms with van der Waals surface area (Å²) in [5.41, 5.74) is 0. The minimum Gasteiger partial charge on any atom is -0.467 e. The second-order valence-corrected chi connectivity index (χ2v) is 4.77. The molecule has 0 amide bonds. The van der Waals surface area contributed by atoms with Crippen LogP contribution >= 0.6 is 0 Å². The minimum absolute atomic E-state index is 0.346. The second-order valence-electron chi connectivity index (χ2n) is 4.77. The molecule has 1 N–H and O–H groups in total. The van der Waals surface area contributed by atoms with Gasteiger partial charge in [-0.05, 0) is 12.8 Å². The number of aromatic nitrogens is 3. The lowest BCUT2D eigenvalue weighted by molar-refractivity contribution is 0.210. The Kier molecular flexibility index (Phi) is 5.79. The molecular formula is C13H23N5O2. The molecule has 1 aliphatic heterocycles. The molecule has 0 radical (unpaired) electrons. The number of hydrogen-bond donors (Lipinski definition) is 1. The van der Waals surface area contributed by atoms with E-state index in [9.17, 15) is 0 Å². The molecule has 0 saturated carbocycles. The highest BCUT2D eigenvalue weighted by molar-refractivity contribution is 5.38. The summed E-state index contributed by atoms with van der Waals surface area (Å²) < 4.78 is 10.2. The zero-order valence-corrected chi connectivity index (χ0v) is 12.3. The van der Waals surface area contributed by atoms with Crippen LogP contribution in [0.2, 0.25) is 0 Å². The van der Waals surface area contributed by atoms with E-state index in [-0.39, 0.29) is 0 Å². The largest absolute Gasteiger partial charge is 0.467 e. The van der Waals surface area contributed by atoms with Gasteiger partial charge < -0.3 is 19.7 Å². The Balaban J connectivity index is 2.11. The number of hydrogen-bond acceptors (Lipinski definition) is 7. The summed E-state index contributed by atoms with van der Waals surface area (Å²) in [4.78, 5) is 15.2. The smallest absolute Gasteiger partial charge is 0.322 e. The Morgan fingerprint density at radius 2 is 1.80 bits per heavy atom. The second kappa shape index (κ2) is 7.84. The molecule has 0 aliphatic carbocycles. The molecule has 1 fully saturated rings. The molecule has 0 aromatic carbocycles. The van der Waals surface area contributed by atoms with Crippen LogP contribution in [0.5, 0.6) is 6.01 Å². The average Bonchev–Trinajstić information content (AvgIpc) is 2.76. The molecule has 1 aliphatic rings. The predicted octanol–water partition coefficient (Wildman–Crippen LogP) is 1.32. The molecule has 7 nitrogen and oxygen atoms in total. The van der Waals surface area contributed by atoms with Gasteiger partial charge >= 0.3 is 6.01 Å². The fourth-order valence-electron chi connectivity index (χ4n) is 2.19. The molecule has 1 aromatic rings. The number of rotatable bonds is 6. The van der Waals surface area contributed by atoms with Crippen molar-refractivity contribution >= 4 is 11.9 Å². The van der Waals surface area contributed by atoms with Crippen LogP contribution in [-0.4, -0.2) is 55.4 Å². The van der Waals surface area contributed by atoms with Crippen LogP contribution in [0.15, 0.2) is 0 Å². The van der Waals surface area contributed by atoms with Crippen molar-refractivity contribution in [1.82, 2.24) is 15.0 Å². The molecule has 7 heteroatoms. The molecule has 0 unspecified atom stereocenters. The zero-order valence-electron chi connectivity index (χ0n) is 12.3. The fourth-order valence-corrected chi connectivity index (χ4v) is 2.19. The van der Waals surface area contributed by atoms with E-state index >= 15 is 0 Å². The van der Waals surface area contributed by atoms with Gasteiger partial charge in [0.25, 0.3) is 0 Å². The molecule has 1 aromatic heterocycles. The van der Waals surface area contributed by atoms with Gasteiger partial charge in [0.2, 0.25) is 11.9 Å². The van der Waals surface area contributed by atoms with E-state index in [1.54, 1.807) is 14.2 Å². The number of methoxy groups -OCH3 is 2. The SMILES string of the molecule is COCCNc1nc(OC)nc(N2CCCCCC2)n1. The third-order valence-corrected chi connectivity index (χ3v) is 3.26. The maximum Gasteiger partial charge on any atom is 0.322 e. The first kappa shape index (κ1) is 14.8. The van der Waals surface area contributed by atoms with Gasteiger partial charge in [-0.2, -0.15) is 15.0 Å². The van der Waals surface area contributed by atoms with Crippen LogP contribution in [0, 0.1) is 0 Å². The van der Waals surface area contributed by atoms with Crippen molar-refractivity contribution in [3.8, 4) is 6.01 Å². The summed E-state index contributed by atoms with van der Waals surface area (Å²) in [6, 6.07) is 0.346. The number of anilines is 2. The summed E-state index contributed by atoms with van der Waals surface area (Å²) >= 11 is 0. The summed E-state index contributed by atoms with van der Waals surface area (Å²) in [7, 11) is 3.23. The standard InChI is InChI=1S/C13H23N5O2/c1-19-10-7-14-11-15-12(17-13(16-11)20-2)18-8-5-3-4-6-9-18/h3-10H2,1-2H3,(H,14,15,16,17). The van der Waals surface area contributed by atoms with E-state index in [1.165, 1.54) is 25.7 Å². The predicted molar refractivity (Wildman–Crippen MR) is 77.4 cm³/mol. The van der Waals surface area contributed by atoms with Crippen molar-refractivity contribution in [1.29, 1.82) is 0 Å². The monoisotopic (exact) mass is 281 g/mol. The highest BCUT2D eigenvalue weighted by Gasteiger charge is 2.15. The number of nitrogens with one attached hydrogen (secondary N) is 1. The molecule has 2 heterocycles. The first-order chi connectivity index (χ1) is 9.83. The van der Waals surface area contributed by atoms with Gasteiger partial charge in [0.1, 0.15) is 0 Å². The van der Waals surface area contributed by atoms with E-state index in [0.29, 0.717) is 31.1 Å². The Bertz CT molecular complexity index is 408. The molecule has 0 spiro atoms. The van der Waals surface area contributed by atoms with Crippen molar-refractivity contribution in [2.45, 2.75) is 25.7 Å². The zero-order chi connectivity index (χ0) is 14.2. The van der Waals surface area contributed by atoms with Crippen molar-refractivity contribution in [2.24, 2.45) is 0 Å². The fraction of sp³-hybridized carbons (Fsp3) is 0.769. The van der Waals surface area contributed by atoms with Crippen LogP contribution in [0.3, 0.4) is 0 Å². The van der Waals surface area contributed by atoms with Gasteiger partial charge in [-0.15, -0.1) is 0 Å². The van der Waals surface area contributed by atoms with E-state index in [0.717, 1.165) is 13.1 Å². The highest BCUT2D eigenvalue weighted by Crippen LogP contribution is 2.18. The summed E-state index contributed by atoms with van der Waals surface area (Å²) in [6.07, 6.45) is 4.91. The molecule has 2 rings (SSSR count). The molecular weight excluding hydrogens is 258 g/mol. The quantitative estimate of drug-likeness (QED) is 0.788. The van der Waals surface area contributed by atoms with Gasteiger partial charge in [0.05, 0.1) is 13.7 Å². The van der Waals surface area contributed by atoms with E-state index < -0.39 is 0 Å². The maximum absolute atomic E-state index is 5.16. The van der Waals surface area contributed by atoms with Crippen molar-refractivity contribution in [3.05, 3.63) is 0 Å². The lowest BCUT2D eigenvalue weighted by Crippen LogP contribution is -2.27. The van der Waals surface area contributed by atoms with Gasteiger partial charge in [0.15, 0.2) is 0 Å². The van der Waals surface area contributed by atoms with Crippen molar-refractivity contribution in [2.75, 3.05) is 50.7 Å². The number of ether oxygens (including phenoxy) is 2. The minimum atomic E-state index is 0.346. The highest BCUT2D eigenvalue weighted by atomic mass is 16.5. The van der Waals surface area contributed by atoms with Crippen LogP contribution in [0.4, 0.5) is 11.9 Å². The Hall–Kier alpha value is -1.63. The lowest BCUT2D eigenvalue weighted by atomic mass is 10.2. The third kappa shape index (κ3) is 4.19. The van der Waals surface area contributed by atoms with Gasteiger partial charge in [0, 0.05) is 26.7 Å². The molecule has 0 atom stereocenters. The summed E-state index contributed by atoms with van der Waals surface area (Å²) in [6.45, 7) is 3.24. The van der Waals surface area contributed by atoms with E-state index in [2.05, 4.69) is 25.2 Å². The lowest BCUT2D eigenvalue weighted by Gasteiger charge is -2.20. The Morgan fingerprint density at radius 3 is 2.45 bits per heavy atom. The molecule has 0 bridgehead atoms. The Labute approximate surface area is 119 Å². The normalized spacial score (nSPS) is 15.8. The van der Waals surface area contributed by atoms with Crippen molar-refractivity contribution in [3.63, 3.8) is 0 Å². The molecule has 112 valence electrons. The third-order valence-electron chi connectivity index (χ3n) is 3.26. The maximum atomic E-state index is 5.16. The summed E-state index contributed by atoms with van der Waals surface area (Å²) in [5.74, 6) is 1.23. The average molecular weight is 281 g/mol. The van der Waals surface area contributed by atoms with Crippen LogP contribution < -0.4 is 15.0 Å². The van der Waals surface area contributed by atoms with Gasteiger partial charge in [-0.3, -0.25) is 0 Å². The van der Waals surface area contributed by atoms with E-state index in [4.69, 9.17) is 9.47 Å². The Morgan fingerprint density at radius 1 is 1.05 bits per heavy atom.